The SMILES string of the molecule is c1ccc(-c2cc(-c3ccncc3)cc(-c3cc(-c4cc(-c5ccncc5)cc(-c5ccncc5)c4)ncn3)c2)cc1. The quantitative estimate of drug-likeness (QED) is 0.212. The number of rotatable bonds is 6. The maximum absolute atomic E-state index is 4.73. The summed E-state index contributed by atoms with van der Waals surface area (Å²) in [5.41, 5.74) is 12.6. The van der Waals surface area contributed by atoms with E-state index in [1.807, 2.05) is 79.6 Å². The Morgan fingerprint density at radius 2 is 0.619 bits per heavy atom. The fourth-order valence-corrected chi connectivity index (χ4v) is 5.15. The summed E-state index contributed by atoms with van der Waals surface area (Å²) in [6, 6.07) is 37.8. The summed E-state index contributed by atoms with van der Waals surface area (Å²) in [5, 5.41) is 0. The third-order valence-electron chi connectivity index (χ3n) is 7.27. The average molecular weight is 540 g/mol. The molecule has 0 fully saturated rings. The molecule has 0 aliphatic carbocycles. The number of pyridine rings is 3. The lowest BCUT2D eigenvalue weighted by Crippen LogP contribution is -1.93. The van der Waals surface area contributed by atoms with Crippen LogP contribution >= 0.6 is 0 Å². The highest BCUT2D eigenvalue weighted by Gasteiger charge is 2.12. The fraction of sp³-hybridized carbons (Fsp3) is 0. The van der Waals surface area contributed by atoms with E-state index in [0.29, 0.717) is 0 Å². The maximum atomic E-state index is 4.73. The van der Waals surface area contributed by atoms with Crippen LogP contribution in [0.5, 0.6) is 0 Å². The summed E-state index contributed by atoms with van der Waals surface area (Å²) in [5.74, 6) is 0. The van der Waals surface area contributed by atoms with E-state index in [1.165, 1.54) is 0 Å². The van der Waals surface area contributed by atoms with Crippen LogP contribution < -0.4 is 0 Å². The third kappa shape index (κ3) is 5.31. The Bertz CT molecular complexity index is 1700. The second-order valence-electron chi connectivity index (χ2n) is 9.96. The van der Waals surface area contributed by atoms with Gasteiger partial charge < -0.3 is 0 Å². The minimum Gasteiger partial charge on any atom is -0.265 e. The standard InChI is InChI=1S/C37H25N5/c1-2-4-26(5-3-1)30-18-31(27-6-12-38-13-7-27)21-34(20-30)36-24-37(42-25-41-36)35-22-32(28-8-14-39-15-9-28)19-33(23-35)29-10-16-40-17-11-29/h1-25H. The molecule has 0 radical (unpaired) electrons. The molecule has 7 aromatic rings. The Balaban J connectivity index is 1.37. The molecule has 4 aromatic heterocycles. The first-order valence-corrected chi connectivity index (χ1v) is 13.7. The molecular formula is C37H25N5. The van der Waals surface area contributed by atoms with Gasteiger partial charge in [-0.05, 0) is 123 Å². The molecule has 198 valence electrons. The van der Waals surface area contributed by atoms with Crippen molar-refractivity contribution in [2.45, 2.75) is 0 Å². The molecular weight excluding hydrogens is 514 g/mol. The van der Waals surface area contributed by atoms with Crippen LogP contribution in [0, 0.1) is 0 Å². The van der Waals surface area contributed by atoms with Crippen molar-refractivity contribution < 1.29 is 0 Å². The zero-order valence-electron chi connectivity index (χ0n) is 22.7. The van der Waals surface area contributed by atoms with E-state index in [4.69, 9.17) is 9.97 Å². The summed E-state index contributed by atoms with van der Waals surface area (Å²) in [6.45, 7) is 0. The maximum Gasteiger partial charge on any atom is 0.116 e. The summed E-state index contributed by atoms with van der Waals surface area (Å²) < 4.78 is 0. The number of hydrogen-bond donors (Lipinski definition) is 0. The van der Waals surface area contributed by atoms with Gasteiger partial charge in [0.15, 0.2) is 0 Å². The predicted molar refractivity (Wildman–Crippen MR) is 168 cm³/mol. The van der Waals surface area contributed by atoms with Crippen LogP contribution in [0.3, 0.4) is 0 Å². The Kier molecular flexibility index (Phi) is 6.81. The van der Waals surface area contributed by atoms with E-state index < -0.39 is 0 Å². The third-order valence-corrected chi connectivity index (χ3v) is 7.27. The van der Waals surface area contributed by atoms with Crippen molar-refractivity contribution >= 4 is 0 Å². The van der Waals surface area contributed by atoms with E-state index >= 15 is 0 Å². The van der Waals surface area contributed by atoms with Gasteiger partial charge in [-0.2, -0.15) is 0 Å². The highest BCUT2D eigenvalue weighted by atomic mass is 14.8. The van der Waals surface area contributed by atoms with E-state index in [9.17, 15) is 0 Å². The Morgan fingerprint density at radius 1 is 0.286 bits per heavy atom. The molecule has 0 atom stereocenters. The largest absolute Gasteiger partial charge is 0.265 e. The molecule has 5 heteroatoms. The first-order valence-electron chi connectivity index (χ1n) is 13.7. The van der Waals surface area contributed by atoms with Crippen molar-refractivity contribution in [3.8, 4) is 67.0 Å². The lowest BCUT2D eigenvalue weighted by atomic mass is 9.94. The van der Waals surface area contributed by atoms with Crippen LogP contribution in [-0.4, -0.2) is 24.9 Å². The van der Waals surface area contributed by atoms with Gasteiger partial charge in [0.25, 0.3) is 0 Å². The molecule has 0 N–H and O–H groups in total. The Hall–Kier alpha value is -5.81. The Labute approximate surface area is 244 Å². The highest BCUT2D eigenvalue weighted by molar-refractivity contribution is 5.83. The van der Waals surface area contributed by atoms with Gasteiger partial charge in [0.2, 0.25) is 0 Å². The van der Waals surface area contributed by atoms with Crippen molar-refractivity contribution in [3.05, 3.63) is 153 Å². The van der Waals surface area contributed by atoms with Crippen molar-refractivity contribution in [1.82, 2.24) is 24.9 Å². The molecule has 0 bridgehead atoms. The average Bonchev–Trinajstić information content (AvgIpc) is 3.09. The molecule has 5 nitrogen and oxygen atoms in total. The van der Waals surface area contributed by atoms with Gasteiger partial charge in [0, 0.05) is 48.3 Å². The number of benzene rings is 3. The minimum atomic E-state index is 0.849. The zero-order valence-corrected chi connectivity index (χ0v) is 22.7. The number of nitrogens with zero attached hydrogens (tertiary/aromatic N) is 5. The van der Waals surface area contributed by atoms with Gasteiger partial charge >= 0.3 is 0 Å². The topological polar surface area (TPSA) is 64.5 Å². The molecule has 0 saturated heterocycles. The first kappa shape index (κ1) is 25.2. The number of hydrogen-bond acceptors (Lipinski definition) is 5. The molecule has 0 aliphatic heterocycles. The van der Waals surface area contributed by atoms with Crippen molar-refractivity contribution in [2.75, 3.05) is 0 Å². The molecule has 0 aliphatic rings. The predicted octanol–water partition coefficient (Wildman–Crippen LogP) is 8.66. The normalized spacial score (nSPS) is 10.9. The molecule has 42 heavy (non-hydrogen) atoms. The smallest absolute Gasteiger partial charge is 0.116 e. The molecule has 0 saturated carbocycles. The summed E-state index contributed by atoms with van der Waals surface area (Å²) in [7, 11) is 0. The minimum absolute atomic E-state index is 0.849. The van der Waals surface area contributed by atoms with Gasteiger partial charge in [-0.25, -0.2) is 9.97 Å². The molecule has 0 spiro atoms. The lowest BCUT2D eigenvalue weighted by molar-refractivity contribution is 1.18. The van der Waals surface area contributed by atoms with Gasteiger partial charge in [-0.3, -0.25) is 15.0 Å². The van der Waals surface area contributed by atoms with Crippen LogP contribution in [-0.2, 0) is 0 Å². The lowest BCUT2D eigenvalue weighted by Gasteiger charge is -2.13. The first-order chi connectivity index (χ1) is 20.8. The molecule has 0 unspecified atom stereocenters. The van der Waals surface area contributed by atoms with E-state index in [1.54, 1.807) is 6.33 Å². The molecule has 7 rings (SSSR count). The van der Waals surface area contributed by atoms with Gasteiger partial charge in [-0.1, -0.05) is 30.3 Å². The van der Waals surface area contributed by atoms with E-state index in [0.717, 1.165) is 67.0 Å². The van der Waals surface area contributed by atoms with E-state index in [-0.39, 0.29) is 0 Å². The fourth-order valence-electron chi connectivity index (χ4n) is 5.15. The van der Waals surface area contributed by atoms with Crippen molar-refractivity contribution in [2.24, 2.45) is 0 Å². The highest BCUT2D eigenvalue weighted by Crippen LogP contribution is 2.35. The van der Waals surface area contributed by atoms with Crippen molar-refractivity contribution in [3.63, 3.8) is 0 Å². The van der Waals surface area contributed by atoms with Crippen LogP contribution in [0.25, 0.3) is 67.0 Å². The molecule has 4 heterocycles. The second-order valence-corrected chi connectivity index (χ2v) is 9.96. The monoisotopic (exact) mass is 539 g/mol. The second kappa shape index (κ2) is 11.4. The van der Waals surface area contributed by atoms with Crippen molar-refractivity contribution in [1.29, 1.82) is 0 Å². The van der Waals surface area contributed by atoms with E-state index in [2.05, 4.69) is 81.7 Å². The van der Waals surface area contributed by atoms with Crippen LogP contribution in [0.1, 0.15) is 0 Å². The van der Waals surface area contributed by atoms with Gasteiger partial charge in [-0.15, -0.1) is 0 Å². The van der Waals surface area contributed by atoms with Crippen LogP contribution in [0.4, 0.5) is 0 Å². The zero-order chi connectivity index (χ0) is 28.1. The van der Waals surface area contributed by atoms with Crippen LogP contribution in [0.15, 0.2) is 153 Å². The summed E-state index contributed by atoms with van der Waals surface area (Å²) in [4.78, 5) is 22.1. The Morgan fingerprint density at radius 3 is 1.00 bits per heavy atom. The van der Waals surface area contributed by atoms with Gasteiger partial charge in [0.05, 0.1) is 11.4 Å². The molecule has 3 aromatic carbocycles. The van der Waals surface area contributed by atoms with Crippen LogP contribution in [0.2, 0.25) is 0 Å². The summed E-state index contributed by atoms with van der Waals surface area (Å²) in [6.07, 6.45) is 12.6. The molecule has 0 amide bonds. The van der Waals surface area contributed by atoms with Gasteiger partial charge in [0.1, 0.15) is 6.33 Å². The number of aromatic nitrogens is 5. The summed E-state index contributed by atoms with van der Waals surface area (Å²) >= 11 is 0.